The third kappa shape index (κ3) is 3.34. The Bertz CT molecular complexity index is 1150. The zero-order valence-electron chi connectivity index (χ0n) is 16.2. The van der Waals surface area contributed by atoms with E-state index in [1.807, 2.05) is 19.1 Å². The fourth-order valence-electron chi connectivity index (χ4n) is 3.90. The molecule has 7 heteroatoms. The molecule has 150 valence electrons. The van der Waals surface area contributed by atoms with Crippen LogP contribution in [0.2, 0.25) is 0 Å². The minimum absolute atomic E-state index is 0. The van der Waals surface area contributed by atoms with Crippen LogP contribution in [0.15, 0.2) is 41.3 Å². The van der Waals surface area contributed by atoms with Crippen LogP contribution in [0.1, 0.15) is 28.8 Å². The number of nitrogens with zero attached hydrogens (tertiary/aromatic N) is 2. The normalized spacial score (nSPS) is 15.1. The van der Waals surface area contributed by atoms with Crippen LogP contribution in [0.3, 0.4) is 0 Å². The summed E-state index contributed by atoms with van der Waals surface area (Å²) in [5.74, 6) is -0.505. The van der Waals surface area contributed by atoms with E-state index in [1.165, 1.54) is 16.1 Å². The highest BCUT2D eigenvalue weighted by Gasteiger charge is 2.28. The maximum atomic E-state index is 14.1. The molecular formula is C21H24ClFN2O2S. The summed E-state index contributed by atoms with van der Waals surface area (Å²) < 4.78 is 42.5. The van der Waals surface area contributed by atoms with Crippen LogP contribution >= 0.6 is 12.4 Å². The molecule has 0 fully saturated rings. The standard InChI is InChI=1S/C21H23FN2O2S.ClH/c1-14-6-9-21-17(11-14)18-13-23(3)10-4-5-20(18)24(21)27(25,26)16-8-7-15(2)19(22)12-16;/h6-9,11-12H,4-5,10,13H2,1-3H3;1H. The molecule has 0 unspecified atom stereocenters. The summed E-state index contributed by atoms with van der Waals surface area (Å²) in [5, 5.41) is 0.968. The lowest BCUT2D eigenvalue weighted by atomic mass is 10.1. The average molecular weight is 423 g/mol. The summed E-state index contributed by atoms with van der Waals surface area (Å²) in [6.45, 7) is 5.26. The predicted molar refractivity (Wildman–Crippen MR) is 112 cm³/mol. The van der Waals surface area contributed by atoms with E-state index in [0.29, 0.717) is 24.0 Å². The summed E-state index contributed by atoms with van der Waals surface area (Å²) in [4.78, 5) is 2.21. The van der Waals surface area contributed by atoms with Gasteiger partial charge >= 0.3 is 0 Å². The number of aromatic nitrogens is 1. The predicted octanol–water partition coefficient (Wildman–Crippen LogP) is 4.43. The molecule has 1 aliphatic heterocycles. The maximum Gasteiger partial charge on any atom is 0.268 e. The van der Waals surface area contributed by atoms with Gasteiger partial charge in [0.1, 0.15) is 5.82 Å². The van der Waals surface area contributed by atoms with Gasteiger partial charge in [-0.15, -0.1) is 12.4 Å². The molecule has 0 spiro atoms. The first-order valence-electron chi connectivity index (χ1n) is 9.12. The lowest BCUT2D eigenvalue weighted by Crippen LogP contribution is -2.17. The molecule has 0 saturated heterocycles. The van der Waals surface area contributed by atoms with Gasteiger partial charge in [0, 0.05) is 17.6 Å². The Balaban J connectivity index is 0.00000225. The number of rotatable bonds is 2. The molecule has 0 amide bonds. The van der Waals surface area contributed by atoms with E-state index >= 15 is 0 Å². The van der Waals surface area contributed by atoms with Gasteiger partial charge in [0.25, 0.3) is 10.0 Å². The fourth-order valence-corrected chi connectivity index (χ4v) is 5.51. The zero-order chi connectivity index (χ0) is 19.3. The van der Waals surface area contributed by atoms with E-state index in [9.17, 15) is 12.8 Å². The van der Waals surface area contributed by atoms with Gasteiger partial charge in [-0.2, -0.15) is 0 Å². The fraction of sp³-hybridized carbons (Fsp3) is 0.333. The van der Waals surface area contributed by atoms with Gasteiger partial charge in [0.15, 0.2) is 0 Å². The van der Waals surface area contributed by atoms with Crippen LogP contribution in [-0.4, -0.2) is 30.9 Å². The number of fused-ring (bicyclic) bond motifs is 3. The third-order valence-corrected chi connectivity index (χ3v) is 7.10. The van der Waals surface area contributed by atoms with Crippen molar-refractivity contribution in [3.8, 4) is 0 Å². The minimum atomic E-state index is -3.89. The Hall–Kier alpha value is -1.89. The highest BCUT2D eigenvalue weighted by atomic mass is 35.5. The number of hydrogen-bond acceptors (Lipinski definition) is 3. The Morgan fingerprint density at radius 3 is 2.54 bits per heavy atom. The Morgan fingerprint density at radius 2 is 1.82 bits per heavy atom. The van der Waals surface area contributed by atoms with Crippen LogP contribution in [0.25, 0.3) is 10.9 Å². The lowest BCUT2D eigenvalue weighted by Gasteiger charge is -2.13. The van der Waals surface area contributed by atoms with Crippen molar-refractivity contribution >= 4 is 33.3 Å². The maximum absolute atomic E-state index is 14.1. The van der Waals surface area contributed by atoms with E-state index in [2.05, 4.69) is 18.0 Å². The van der Waals surface area contributed by atoms with Gasteiger partial charge in [0.05, 0.1) is 10.4 Å². The molecule has 0 atom stereocenters. The van der Waals surface area contributed by atoms with Gasteiger partial charge in [-0.3, -0.25) is 0 Å². The number of hydrogen-bond donors (Lipinski definition) is 0. The molecule has 4 nitrogen and oxygen atoms in total. The van der Waals surface area contributed by atoms with Crippen molar-refractivity contribution in [2.45, 2.75) is 38.1 Å². The lowest BCUT2D eigenvalue weighted by molar-refractivity contribution is 0.333. The van der Waals surface area contributed by atoms with Crippen molar-refractivity contribution in [2.24, 2.45) is 0 Å². The van der Waals surface area contributed by atoms with Crippen LogP contribution in [0.4, 0.5) is 4.39 Å². The monoisotopic (exact) mass is 422 g/mol. The summed E-state index contributed by atoms with van der Waals surface area (Å²) in [7, 11) is -1.84. The number of halogens is 2. The smallest absolute Gasteiger partial charge is 0.268 e. The molecule has 4 rings (SSSR count). The highest BCUT2D eigenvalue weighted by molar-refractivity contribution is 7.90. The highest BCUT2D eigenvalue weighted by Crippen LogP contribution is 2.34. The minimum Gasteiger partial charge on any atom is -0.302 e. The molecule has 3 aromatic rings. The summed E-state index contributed by atoms with van der Waals surface area (Å²) in [6, 6.07) is 9.97. The first kappa shape index (κ1) is 20.8. The molecule has 28 heavy (non-hydrogen) atoms. The topological polar surface area (TPSA) is 42.3 Å². The van der Waals surface area contributed by atoms with Crippen molar-refractivity contribution in [1.29, 1.82) is 0 Å². The third-order valence-electron chi connectivity index (χ3n) is 5.35. The molecule has 2 heterocycles. The van der Waals surface area contributed by atoms with E-state index < -0.39 is 15.8 Å². The summed E-state index contributed by atoms with van der Waals surface area (Å²) >= 11 is 0. The molecular weight excluding hydrogens is 399 g/mol. The Morgan fingerprint density at radius 1 is 1.07 bits per heavy atom. The van der Waals surface area contributed by atoms with E-state index in [1.54, 1.807) is 6.92 Å². The molecule has 0 aliphatic carbocycles. The largest absolute Gasteiger partial charge is 0.302 e. The van der Waals surface area contributed by atoms with Crippen molar-refractivity contribution in [3.05, 3.63) is 64.6 Å². The van der Waals surface area contributed by atoms with Crippen LogP contribution in [-0.2, 0) is 23.0 Å². The SMILES string of the molecule is Cc1ccc2c(c1)c1c(n2S(=O)(=O)c2ccc(C)c(F)c2)CCCN(C)C1.Cl. The second-order valence-electron chi connectivity index (χ2n) is 7.47. The van der Waals surface area contributed by atoms with E-state index in [0.717, 1.165) is 41.2 Å². The first-order valence-corrected chi connectivity index (χ1v) is 10.6. The molecule has 1 aromatic heterocycles. The van der Waals surface area contributed by atoms with Crippen molar-refractivity contribution in [1.82, 2.24) is 8.87 Å². The van der Waals surface area contributed by atoms with Crippen molar-refractivity contribution < 1.29 is 12.8 Å². The van der Waals surface area contributed by atoms with Crippen LogP contribution in [0.5, 0.6) is 0 Å². The van der Waals surface area contributed by atoms with Gasteiger partial charge in [-0.25, -0.2) is 16.8 Å². The molecule has 0 saturated carbocycles. The van der Waals surface area contributed by atoms with E-state index in [4.69, 9.17) is 0 Å². The van der Waals surface area contributed by atoms with Gasteiger partial charge in [0.2, 0.25) is 0 Å². The van der Waals surface area contributed by atoms with Gasteiger partial charge in [-0.05, 0) is 75.7 Å². The molecule has 0 N–H and O–H groups in total. The zero-order valence-corrected chi connectivity index (χ0v) is 17.8. The molecule has 0 bridgehead atoms. The number of benzene rings is 2. The summed E-state index contributed by atoms with van der Waals surface area (Å²) in [6.07, 6.45) is 1.57. The Kier molecular flexibility index (Phi) is 5.58. The van der Waals surface area contributed by atoms with Crippen LogP contribution < -0.4 is 0 Å². The Labute approximate surface area is 171 Å². The first-order chi connectivity index (χ1) is 12.8. The van der Waals surface area contributed by atoms with Gasteiger partial charge < -0.3 is 4.90 Å². The quantitative estimate of drug-likeness (QED) is 0.613. The van der Waals surface area contributed by atoms with Gasteiger partial charge in [-0.1, -0.05) is 17.7 Å². The van der Waals surface area contributed by atoms with E-state index in [-0.39, 0.29) is 17.3 Å². The van der Waals surface area contributed by atoms with Crippen molar-refractivity contribution in [3.63, 3.8) is 0 Å². The average Bonchev–Trinajstić information content (AvgIpc) is 2.77. The van der Waals surface area contributed by atoms with Crippen LogP contribution in [0, 0.1) is 19.7 Å². The second kappa shape index (κ2) is 7.50. The molecule has 1 aliphatic rings. The summed E-state index contributed by atoms with van der Waals surface area (Å²) in [5.41, 5.74) is 4.07. The molecule has 0 radical (unpaired) electrons. The van der Waals surface area contributed by atoms with Crippen molar-refractivity contribution in [2.75, 3.05) is 13.6 Å². The number of aryl methyl sites for hydroxylation is 2. The molecule has 2 aromatic carbocycles. The second-order valence-corrected chi connectivity index (χ2v) is 9.25.